The standard InChI is InChI=1S/C14H12NS/c1-11-5-7-12(8-6-11)13-10-16-14-4-2-3-9-15(13)14/h2-10H,1H3/q+1. The largest absolute Gasteiger partial charge is 0.267 e. The summed E-state index contributed by atoms with van der Waals surface area (Å²) in [6.07, 6.45) is 2.11. The summed E-state index contributed by atoms with van der Waals surface area (Å²) in [6, 6.07) is 14.9. The highest BCUT2D eigenvalue weighted by Crippen LogP contribution is 2.20. The lowest BCUT2D eigenvalue weighted by atomic mass is 10.1. The number of pyridine rings is 1. The Balaban J connectivity index is 2.22. The molecule has 16 heavy (non-hydrogen) atoms. The molecule has 2 heterocycles. The van der Waals surface area contributed by atoms with E-state index in [-0.39, 0.29) is 0 Å². The number of hydrogen-bond acceptors (Lipinski definition) is 1. The van der Waals surface area contributed by atoms with E-state index in [9.17, 15) is 0 Å². The number of benzene rings is 1. The van der Waals surface area contributed by atoms with Crippen LogP contribution in [-0.2, 0) is 0 Å². The Bertz CT molecular complexity index is 623. The molecule has 1 aromatic carbocycles. The summed E-state index contributed by atoms with van der Waals surface area (Å²) in [5.74, 6) is 0. The van der Waals surface area contributed by atoms with Gasteiger partial charge in [0.05, 0.1) is 5.38 Å². The monoisotopic (exact) mass is 226 g/mol. The molecule has 0 spiro atoms. The first kappa shape index (κ1) is 9.55. The summed E-state index contributed by atoms with van der Waals surface area (Å²) in [6.45, 7) is 2.11. The molecule has 2 heteroatoms. The number of fused-ring (bicyclic) bond motifs is 1. The van der Waals surface area contributed by atoms with Crippen LogP contribution in [0.1, 0.15) is 5.56 Å². The van der Waals surface area contributed by atoms with Crippen LogP contribution in [0.5, 0.6) is 0 Å². The molecule has 0 aliphatic heterocycles. The molecule has 0 aliphatic carbocycles. The zero-order chi connectivity index (χ0) is 11.0. The first-order valence-corrected chi connectivity index (χ1v) is 6.17. The average molecular weight is 226 g/mol. The minimum atomic E-state index is 1.26. The van der Waals surface area contributed by atoms with Crippen LogP contribution >= 0.6 is 11.3 Å². The maximum absolute atomic E-state index is 2.23. The summed E-state index contributed by atoms with van der Waals surface area (Å²) in [5, 5.41) is 2.21. The van der Waals surface area contributed by atoms with Gasteiger partial charge in [-0.05, 0) is 25.1 Å². The van der Waals surface area contributed by atoms with Gasteiger partial charge < -0.3 is 0 Å². The normalized spacial score (nSPS) is 10.8. The third-order valence-electron chi connectivity index (χ3n) is 2.72. The zero-order valence-electron chi connectivity index (χ0n) is 9.05. The smallest absolute Gasteiger partial charge is 0.150 e. The number of aryl methyl sites for hydroxylation is 1. The van der Waals surface area contributed by atoms with E-state index >= 15 is 0 Å². The van der Waals surface area contributed by atoms with Crippen LogP contribution in [0, 0.1) is 6.92 Å². The predicted octanol–water partition coefficient (Wildman–Crippen LogP) is 3.46. The van der Waals surface area contributed by atoms with Crippen LogP contribution in [0.15, 0.2) is 54.0 Å². The molecule has 0 fully saturated rings. The second-order valence-electron chi connectivity index (χ2n) is 3.90. The molecule has 0 saturated carbocycles. The molecule has 2 aromatic heterocycles. The lowest BCUT2D eigenvalue weighted by Crippen LogP contribution is -2.19. The van der Waals surface area contributed by atoms with Gasteiger partial charge in [0.2, 0.25) is 5.69 Å². The van der Waals surface area contributed by atoms with Crippen molar-refractivity contribution in [2.75, 3.05) is 0 Å². The molecule has 3 aromatic rings. The van der Waals surface area contributed by atoms with Crippen molar-refractivity contribution in [1.29, 1.82) is 0 Å². The third-order valence-corrected chi connectivity index (χ3v) is 3.64. The molecule has 0 saturated heterocycles. The number of hydrogen-bond donors (Lipinski definition) is 0. The van der Waals surface area contributed by atoms with Crippen molar-refractivity contribution in [1.82, 2.24) is 0 Å². The molecule has 0 atom stereocenters. The summed E-state index contributed by atoms with van der Waals surface area (Å²) in [5.41, 5.74) is 3.84. The van der Waals surface area contributed by atoms with E-state index in [1.807, 2.05) is 0 Å². The first-order valence-electron chi connectivity index (χ1n) is 5.29. The van der Waals surface area contributed by atoms with Gasteiger partial charge in [0.1, 0.15) is 0 Å². The fourth-order valence-corrected chi connectivity index (χ4v) is 2.74. The molecular weight excluding hydrogens is 214 g/mol. The van der Waals surface area contributed by atoms with E-state index in [0.29, 0.717) is 0 Å². The Morgan fingerprint density at radius 2 is 1.81 bits per heavy atom. The second kappa shape index (κ2) is 3.72. The van der Waals surface area contributed by atoms with Gasteiger partial charge in [-0.15, -0.1) is 0 Å². The van der Waals surface area contributed by atoms with E-state index in [1.165, 1.54) is 21.7 Å². The summed E-state index contributed by atoms with van der Waals surface area (Å²) < 4.78 is 2.23. The molecule has 0 unspecified atom stereocenters. The molecule has 0 radical (unpaired) electrons. The van der Waals surface area contributed by atoms with E-state index in [4.69, 9.17) is 0 Å². The molecular formula is C14H12NS+. The fourth-order valence-electron chi connectivity index (χ4n) is 1.83. The molecule has 78 valence electrons. The van der Waals surface area contributed by atoms with Gasteiger partial charge in [-0.3, -0.25) is 0 Å². The van der Waals surface area contributed by atoms with Crippen molar-refractivity contribution in [3.05, 3.63) is 59.6 Å². The number of thiazole rings is 1. The van der Waals surface area contributed by atoms with E-state index < -0.39 is 0 Å². The van der Waals surface area contributed by atoms with Crippen LogP contribution in [0.3, 0.4) is 0 Å². The van der Waals surface area contributed by atoms with Crippen molar-refractivity contribution < 1.29 is 4.40 Å². The lowest BCUT2D eigenvalue weighted by molar-refractivity contribution is -0.495. The van der Waals surface area contributed by atoms with Crippen molar-refractivity contribution in [3.8, 4) is 11.3 Å². The molecule has 0 N–H and O–H groups in total. The minimum Gasteiger partial charge on any atom is -0.150 e. The Morgan fingerprint density at radius 1 is 1.00 bits per heavy atom. The van der Waals surface area contributed by atoms with E-state index in [0.717, 1.165) is 0 Å². The minimum absolute atomic E-state index is 1.26. The molecule has 0 bridgehead atoms. The van der Waals surface area contributed by atoms with Crippen LogP contribution in [0.4, 0.5) is 0 Å². The van der Waals surface area contributed by atoms with E-state index in [1.54, 1.807) is 11.3 Å². The Morgan fingerprint density at radius 3 is 2.62 bits per heavy atom. The molecule has 1 nitrogen and oxygen atoms in total. The maximum atomic E-state index is 2.23. The Labute approximate surface area is 98.6 Å². The molecule has 0 aliphatic rings. The SMILES string of the molecule is Cc1ccc(-c2csc3cccc[n+]23)cc1. The van der Waals surface area contributed by atoms with Gasteiger partial charge in [-0.2, -0.15) is 4.40 Å². The third kappa shape index (κ3) is 1.51. The maximum Gasteiger partial charge on any atom is 0.267 e. The quantitative estimate of drug-likeness (QED) is 0.560. The van der Waals surface area contributed by atoms with Crippen LogP contribution < -0.4 is 4.40 Å². The van der Waals surface area contributed by atoms with E-state index in [2.05, 4.69) is 65.4 Å². The zero-order valence-corrected chi connectivity index (χ0v) is 9.87. The van der Waals surface area contributed by atoms with Crippen molar-refractivity contribution in [2.45, 2.75) is 6.92 Å². The van der Waals surface area contributed by atoms with Gasteiger partial charge >= 0.3 is 0 Å². The summed E-state index contributed by atoms with van der Waals surface area (Å²) in [7, 11) is 0. The fraction of sp³-hybridized carbons (Fsp3) is 0.0714. The number of rotatable bonds is 1. The van der Waals surface area contributed by atoms with Crippen molar-refractivity contribution >= 4 is 16.2 Å². The van der Waals surface area contributed by atoms with Gasteiger partial charge in [0.15, 0.2) is 6.20 Å². The van der Waals surface area contributed by atoms with Gasteiger partial charge in [0, 0.05) is 17.7 Å². The first-order chi connectivity index (χ1) is 7.84. The van der Waals surface area contributed by atoms with Crippen molar-refractivity contribution in [3.63, 3.8) is 0 Å². The summed E-state index contributed by atoms with van der Waals surface area (Å²) in [4.78, 5) is 1.28. The van der Waals surface area contributed by atoms with Crippen LogP contribution in [0.2, 0.25) is 0 Å². The van der Waals surface area contributed by atoms with Crippen LogP contribution in [0.25, 0.3) is 16.1 Å². The average Bonchev–Trinajstić information content (AvgIpc) is 2.74. The number of nitrogens with zero attached hydrogens (tertiary/aromatic N) is 1. The lowest BCUT2D eigenvalue weighted by Gasteiger charge is -1.95. The molecule has 0 amide bonds. The highest BCUT2D eigenvalue weighted by molar-refractivity contribution is 7.15. The highest BCUT2D eigenvalue weighted by atomic mass is 32.1. The Kier molecular flexibility index (Phi) is 2.22. The number of aromatic nitrogens is 1. The van der Waals surface area contributed by atoms with Gasteiger partial charge in [-0.25, -0.2) is 0 Å². The summed E-state index contributed by atoms with van der Waals surface area (Å²) >= 11 is 1.78. The van der Waals surface area contributed by atoms with Gasteiger partial charge in [0.25, 0.3) is 4.83 Å². The highest BCUT2D eigenvalue weighted by Gasteiger charge is 2.13. The second-order valence-corrected chi connectivity index (χ2v) is 4.79. The molecule has 3 rings (SSSR count). The predicted molar refractivity (Wildman–Crippen MR) is 67.7 cm³/mol. The van der Waals surface area contributed by atoms with Gasteiger partial charge in [-0.1, -0.05) is 29.0 Å². The Hall–Kier alpha value is -1.67. The topological polar surface area (TPSA) is 4.10 Å². The van der Waals surface area contributed by atoms with Crippen molar-refractivity contribution in [2.24, 2.45) is 0 Å². The van der Waals surface area contributed by atoms with Crippen LogP contribution in [-0.4, -0.2) is 0 Å².